The van der Waals surface area contributed by atoms with Gasteiger partial charge in [-0.3, -0.25) is 4.79 Å². The second kappa shape index (κ2) is 7.65. The number of hydrogen-bond acceptors (Lipinski definition) is 7. The fourth-order valence-corrected chi connectivity index (χ4v) is 5.70. The van der Waals surface area contributed by atoms with Gasteiger partial charge >= 0.3 is 11.2 Å². The molecule has 0 aromatic heterocycles. The van der Waals surface area contributed by atoms with Crippen LogP contribution in [0, 0.1) is 17.8 Å². The van der Waals surface area contributed by atoms with Crippen LogP contribution in [0.5, 0.6) is 0 Å². The quantitative estimate of drug-likeness (QED) is 0.433. The number of rotatable bonds is 8. The number of ether oxygens (including phenoxy) is 1. The first-order chi connectivity index (χ1) is 13.3. The minimum Gasteiger partial charge on any atom is -0.743 e. The first-order valence-corrected chi connectivity index (χ1v) is 11.3. The first-order valence-electron chi connectivity index (χ1n) is 9.92. The van der Waals surface area contributed by atoms with E-state index in [1.165, 1.54) is 0 Å². The number of esters is 1. The molecule has 3 atom stereocenters. The van der Waals surface area contributed by atoms with Crippen molar-refractivity contribution in [3.63, 3.8) is 0 Å². The molecule has 0 bridgehead atoms. The van der Waals surface area contributed by atoms with Gasteiger partial charge in [-0.1, -0.05) is 25.7 Å². The third kappa shape index (κ3) is 4.15. The van der Waals surface area contributed by atoms with Gasteiger partial charge in [0.2, 0.25) is 0 Å². The number of halogens is 3. The molecule has 0 aromatic rings. The second-order valence-electron chi connectivity index (χ2n) is 8.64. The van der Waals surface area contributed by atoms with Crippen molar-refractivity contribution in [2.45, 2.75) is 80.4 Å². The Labute approximate surface area is 167 Å². The molecule has 0 heterocycles. The van der Waals surface area contributed by atoms with E-state index in [1.807, 2.05) is 0 Å². The zero-order valence-electron chi connectivity index (χ0n) is 15.9. The maximum Gasteiger partial charge on any atom is 0.364 e. The Morgan fingerprint density at radius 3 is 1.86 bits per heavy atom. The molecule has 0 saturated heterocycles. The number of aliphatic hydroxyl groups is 2. The molecule has 3 fully saturated rings. The average Bonchev–Trinajstić information content (AvgIpc) is 3.02. The van der Waals surface area contributed by atoms with Gasteiger partial charge < -0.3 is 19.5 Å². The van der Waals surface area contributed by atoms with E-state index in [-0.39, 0.29) is 0 Å². The van der Waals surface area contributed by atoms with E-state index in [0.29, 0.717) is 25.7 Å². The van der Waals surface area contributed by atoms with E-state index in [9.17, 15) is 41.1 Å². The molecule has 7 nitrogen and oxygen atoms in total. The lowest BCUT2D eigenvalue weighted by atomic mass is 9.87. The summed E-state index contributed by atoms with van der Waals surface area (Å²) in [5, 5.41) is 16.7. The molecule has 0 amide bonds. The fourth-order valence-electron chi connectivity index (χ4n) is 5.27. The van der Waals surface area contributed by atoms with Crippen LogP contribution in [0.3, 0.4) is 0 Å². The van der Waals surface area contributed by atoms with Crippen molar-refractivity contribution < 1.29 is 45.9 Å². The number of hydrogen-bond donors (Lipinski definition) is 2. The Bertz CT molecular complexity index is 702. The highest BCUT2D eigenvalue weighted by Crippen LogP contribution is 2.64. The van der Waals surface area contributed by atoms with E-state index >= 15 is 0 Å². The van der Waals surface area contributed by atoms with Crippen LogP contribution in [0.15, 0.2) is 0 Å². The Balaban J connectivity index is 1.63. The zero-order chi connectivity index (χ0) is 21.7. The molecule has 2 N–H and O–H groups in total. The predicted molar refractivity (Wildman–Crippen MR) is 92.4 cm³/mol. The topological polar surface area (TPSA) is 124 Å². The highest BCUT2D eigenvalue weighted by molar-refractivity contribution is 7.86. The lowest BCUT2D eigenvalue weighted by Crippen LogP contribution is -2.39. The molecule has 0 aromatic carbocycles. The Kier molecular flexibility index (Phi) is 6.01. The van der Waals surface area contributed by atoms with Crippen LogP contribution in [-0.2, 0) is 19.6 Å². The maximum atomic E-state index is 13.5. The Morgan fingerprint density at radius 1 is 1.07 bits per heavy atom. The van der Waals surface area contributed by atoms with Gasteiger partial charge in [0.1, 0.15) is 0 Å². The highest BCUT2D eigenvalue weighted by atomic mass is 32.2. The fraction of sp³-hybridized carbons (Fsp3) is 0.944. The van der Waals surface area contributed by atoms with E-state index in [4.69, 9.17) is 4.74 Å². The van der Waals surface area contributed by atoms with Crippen LogP contribution in [0.1, 0.15) is 57.8 Å². The van der Waals surface area contributed by atoms with Gasteiger partial charge in [0.05, 0.1) is 23.7 Å². The predicted octanol–water partition coefficient (Wildman–Crippen LogP) is 1.87. The van der Waals surface area contributed by atoms with Crippen LogP contribution in [0.25, 0.3) is 0 Å². The molecule has 11 heteroatoms. The molecule has 0 radical (unpaired) electrons. The molecular formula is C18H26F3O7S-. The number of carbonyl (C=O) groups excluding carboxylic acids is 1. The number of alkyl halides is 3. The SMILES string of the molecule is O=C(OCCC(F)C(F)(F)S(=O)(=O)[O-])C1C(C2(O)CCCC2)C1C1(O)CCCC1. The molecule has 3 aliphatic rings. The van der Waals surface area contributed by atoms with Crippen molar-refractivity contribution in [3.05, 3.63) is 0 Å². The lowest BCUT2D eigenvalue weighted by Gasteiger charge is -2.27. The summed E-state index contributed by atoms with van der Waals surface area (Å²) in [6.07, 6.45) is 0.692. The average molecular weight is 443 g/mol. The van der Waals surface area contributed by atoms with E-state index in [2.05, 4.69) is 0 Å². The van der Waals surface area contributed by atoms with Crippen LogP contribution >= 0.6 is 0 Å². The summed E-state index contributed by atoms with van der Waals surface area (Å²) in [6, 6.07) is 0. The van der Waals surface area contributed by atoms with Crippen molar-refractivity contribution in [2.24, 2.45) is 17.8 Å². The summed E-state index contributed by atoms with van der Waals surface area (Å²) in [6.45, 7) is -0.835. The van der Waals surface area contributed by atoms with Gasteiger partial charge in [-0.15, -0.1) is 0 Å². The van der Waals surface area contributed by atoms with Crippen molar-refractivity contribution in [1.29, 1.82) is 0 Å². The Hall–Kier alpha value is -0.910. The standard InChI is InChI=1S/C18H27F3O7S/c19-11(18(20,21)29(25,26)27)5-10-28-15(22)12-13(16(23)6-1-2-7-16)14(12)17(24)8-3-4-9-17/h11-14,23-24H,1-10H2,(H,25,26,27)/p-1. The normalized spacial score (nSPS) is 32.1. The zero-order valence-corrected chi connectivity index (χ0v) is 16.7. The largest absolute Gasteiger partial charge is 0.743 e. The third-order valence-corrected chi connectivity index (χ3v) is 7.71. The van der Waals surface area contributed by atoms with Crippen LogP contribution < -0.4 is 0 Å². The van der Waals surface area contributed by atoms with Crippen LogP contribution in [0.4, 0.5) is 13.2 Å². The summed E-state index contributed by atoms with van der Waals surface area (Å²) < 4.78 is 76.1. The van der Waals surface area contributed by atoms with E-state index < -0.39 is 69.5 Å². The Morgan fingerprint density at radius 2 is 1.48 bits per heavy atom. The first kappa shape index (κ1) is 22.8. The molecule has 3 aliphatic carbocycles. The lowest BCUT2D eigenvalue weighted by molar-refractivity contribution is -0.148. The monoisotopic (exact) mass is 443 g/mol. The van der Waals surface area contributed by atoms with Crippen LogP contribution in [0.2, 0.25) is 0 Å². The van der Waals surface area contributed by atoms with Gasteiger partial charge in [-0.25, -0.2) is 12.8 Å². The van der Waals surface area contributed by atoms with Gasteiger partial charge in [-0.2, -0.15) is 8.78 Å². The molecular weight excluding hydrogens is 417 g/mol. The van der Waals surface area contributed by atoms with Crippen molar-refractivity contribution >= 4 is 16.1 Å². The molecule has 168 valence electrons. The summed E-state index contributed by atoms with van der Waals surface area (Å²) in [5.74, 6) is -2.67. The minimum atomic E-state index is -6.18. The summed E-state index contributed by atoms with van der Waals surface area (Å²) in [7, 11) is -6.18. The van der Waals surface area contributed by atoms with E-state index in [0.717, 1.165) is 25.7 Å². The second-order valence-corrected chi connectivity index (χ2v) is 10.1. The van der Waals surface area contributed by atoms with Gasteiger partial charge in [0.25, 0.3) is 0 Å². The summed E-state index contributed by atoms with van der Waals surface area (Å²) in [4.78, 5) is 12.5. The van der Waals surface area contributed by atoms with Gasteiger partial charge in [0, 0.05) is 18.3 Å². The molecule has 3 unspecified atom stereocenters. The highest BCUT2D eigenvalue weighted by Gasteiger charge is 2.71. The molecule has 0 aliphatic heterocycles. The maximum absolute atomic E-state index is 13.5. The van der Waals surface area contributed by atoms with Gasteiger partial charge in [-0.05, 0) is 25.7 Å². The smallest absolute Gasteiger partial charge is 0.364 e. The van der Waals surface area contributed by atoms with Gasteiger partial charge in [0.15, 0.2) is 16.3 Å². The third-order valence-electron chi connectivity index (χ3n) is 6.79. The van der Waals surface area contributed by atoms with Crippen molar-refractivity contribution in [3.8, 4) is 0 Å². The molecule has 3 saturated carbocycles. The van der Waals surface area contributed by atoms with E-state index in [1.54, 1.807) is 0 Å². The number of carbonyl (C=O) groups is 1. The molecule has 3 rings (SSSR count). The summed E-state index contributed by atoms with van der Waals surface area (Å²) in [5.41, 5.74) is -2.20. The van der Waals surface area contributed by atoms with Crippen LogP contribution in [-0.4, -0.2) is 58.4 Å². The summed E-state index contributed by atoms with van der Waals surface area (Å²) >= 11 is 0. The van der Waals surface area contributed by atoms with Crippen molar-refractivity contribution in [2.75, 3.05) is 6.61 Å². The molecule has 29 heavy (non-hydrogen) atoms. The minimum absolute atomic E-state index is 0.494. The molecule has 0 spiro atoms. The van der Waals surface area contributed by atoms with Crippen molar-refractivity contribution in [1.82, 2.24) is 0 Å².